The highest BCUT2D eigenvalue weighted by molar-refractivity contribution is 7.88. The van der Waals surface area contributed by atoms with E-state index in [1.807, 2.05) is 0 Å². The molecular formula is C11H19N3O4S. The number of amides is 2. The molecule has 7 nitrogen and oxygen atoms in total. The Kier molecular flexibility index (Phi) is 4.10. The molecule has 2 aliphatic heterocycles. The first-order valence-corrected chi connectivity index (χ1v) is 8.23. The number of nitrogens with one attached hydrogen (secondary N) is 1. The van der Waals surface area contributed by atoms with Gasteiger partial charge in [0.15, 0.2) is 0 Å². The molecule has 0 bridgehead atoms. The molecule has 2 amide bonds. The van der Waals surface area contributed by atoms with Gasteiger partial charge in [-0.3, -0.25) is 9.59 Å². The molecule has 2 saturated heterocycles. The average molecular weight is 289 g/mol. The molecule has 2 rings (SSSR count). The van der Waals surface area contributed by atoms with Crippen LogP contribution in [0.1, 0.15) is 12.8 Å². The van der Waals surface area contributed by atoms with Gasteiger partial charge in [0, 0.05) is 26.2 Å². The zero-order chi connectivity index (χ0) is 14.0. The molecule has 0 spiro atoms. The van der Waals surface area contributed by atoms with Crippen molar-refractivity contribution < 1.29 is 18.0 Å². The molecule has 2 aliphatic rings. The van der Waals surface area contributed by atoms with Gasteiger partial charge in [-0.05, 0) is 12.8 Å². The van der Waals surface area contributed by atoms with Gasteiger partial charge in [0.1, 0.15) is 0 Å². The van der Waals surface area contributed by atoms with E-state index in [0.29, 0.717) is 32.5 Å². The van der Waals surface area contributed by atoms with Crippen LogP contribution in [-0.4, -0.2) is 68.4 Å². The van der Waals surface area contributed by atoms with E-state index in [1.54, 1.807) is 0 Å². The third-order valence-electron chi connectivity index (χ3n) is 3.55. The average Bonchev–Trinajstić information content (AvgIpc) is 2.37. The Hall–Kier alpha value is -1.15. The minimum Gasteiger partial charge on any atom is -0.353 e. The minimum absolute atomic E-state index is 0.0776. The molecule has 1 unspecified atom stereocenters. The molecule has 0 aromatic rings. The monoisotopic (exact) mass is 289 g/mol. The Bertz CT molecular complexity index is 476. The molecule has 1 N–H and O–H groups in total. The summed E-state index contributed by atoms with van der Waals surface area (Å²) in [6.45, 7) is 1.75. The van der Waals surface area contributed by atoms with Crippen molar-refractivity contribution in [3.05, 3.63) is 0 Å². The van der Waals surface area contributed by atoms with E-state index in [2.05, 4.69) is 5.32 Å². The third kappa shape index (κ3) is 3.44. The van der Waals surface area contributed by atoms with Crippen LogP contribution < -0.4 is 5.32 Å². The van der Waals surface area contributed by atoms with E-state index in [9.17, 15) is 18.0 Å². The zero-order valence-corrected chi connectivity index (χ0v) is 11.8. The van der Waals surface area contributed by atoms with Crippen molar-refractivity contribution in [1.82, 2.24) is 14.5 Å². The van der Waals surface area contributed by atoms with Crippen molar-refractivity contribution in [3.8, 4) is 0 Å². The van der Waals surface area contributed by atoms with E-state index >= 15 is 0 Å². The van der Waals surface area contributed by atoms with Crippen molar-refractivity contribution in [2.45, 2.75) is 12.8 Å². The van der Waals surface area contributed by atoms with Crippen molar-refractivity contribution in [1.29, 1.82) is 0 Å². The second-order valence-electron chi connectivity index (χ2n) is 5.07. The molecule has 2 heterocycles. The van der Waals surface area contributed by atoms with Crippen molar-refractivity contribution in [3.63, 3.8) is 0 Å². The summed E-state index contributed by atoms with van der Waals surface area (Å²) in [6.07, 6.45) is 2.53. The van der Waals surface area contributed by atoms with E-state index in [4.69, 9.17) is 0 Å². The van der Waals surface area contributed by atoms with E-state index in [0.717, 1.165) is 6.26 Å². The second kappa shape index (κ2) is 5.46. The summed E-state index contributed by atoms with van der Waals surface area (Å²) >= 11 is 0. The number of piperidine rings is 1. The molecule has 2 fully saturated rings. The van der Waals surface area contributed by atoms with Crippen molar-refractivity contribution >= 4 is 21.8 Å². The van der Waals surface area contributed by atoms with E-state index in [1.165, 1.54) is 9.21 Å². The van der Waals surface area contributed by atoms with Crippen LogP contribution in [0.25, 0.3) is 0 Å². The molecule has 0 aromatic carbocycles. The summed E-state index contributed by atoms with van der Waals surface area (Å²) in [5.41, 5.74) is 0. The third-order valence-corrected chi connectivity index (χ3v) is 4.82. The molecule has 108 valence electrons. The highest BCUT2D eigenvalue weighted by Gasteiger charge is 2.33. The van der Waals surface area contributed by atoms with E-state index in [-0.39, 0.29) is 30.8 Å². The molecule has 0 aliphatic carbocycles. The maximum absolute atomic E-state index is 12.3. The van der Waals surface area contributed by atoms with Gasteiger partial charge in [0.2, 0.25) is 21.8 Å². The first kappa shape index (κ1) is 14.3. The molecular weight excluding hydrogens is 270 g/mol. The van der Waals surface area contributed by atoms with Gasteiger partial charge < -0.3 is 10.2 Å². The lowest BCUT2D eigenvalue weighted by Crippen LogP contribution is -2.53. The summed E-state index contributed by atoms with van der Waals surface area (Å²) < 4.78 is 24.4. The van der Waals surface area contributed by atoms with Crippen LogP contribution >= 0.6 is 0 Å². The standard InChI is InChI=1S/C11H19N3O4S/c1-19(17,18)14-5-2-3-9(7-14)11(16)13-6-4-12-10(15)8-13/h9H,2-8H2,1H3,(H,12,15). The molecule has 19 heavy (non-hydrogen) atoms. The number of piperazine rings is 1. The SMILES string of the molecule is CS(=O)(=O)N1CCCC(C(=O)N2CCNC(=O)C2)C1. The number of carbonyl (C=O) groups is 2. The van der Waals surface area contributed by atoms with Gasteiger partial charge in [0.05, 0.1) is 18.7 Å². The Morgan fingerprint density at radius 2 is 2.11 bits per heavy atom. The maximum atomic E-state index is 12.3. The Balaban J connectivity index is 2.01. The molecule has 0 aromatic heterocycles. The van der Waals surface area contributed by atoms with Gasteiger partial charge in [-0.2, -0.15) is 0 Å². The van der Waals surface area contributed by atoms with E-state index < -0.39 is 10.0 Å². The number of nitrogens with zero attached hydrogens (tertiary/aromatic N) is 2. The van der Waals surface area contributed by atoms with Crippen LogP contribution in [0.3, 0.4) is 0 Å². The van der Waals surface area contributed by atoms with Gasteiger partial charge in [0.25, 0.3) is 0 Å². The van der Waals surface area contributed by atoms with Gasteiger partial charge in [-0.25, -0.2) is 12.7 Å². The maximum Gasteiger partial charge on any atom is 0.239 e. The Morgan fingerprint density at radius 3 is 2.74 bits per heavy atom. The van der Waals surface area contributed by atoms with Crippen molar-refractivity contribution in [2.75, 3.05) is 39.0 Å². The lowest BCUT2D eigenvalue weighted by Gasteiger charge is -2.35. The van der Waals surface area contributed by atoms with Crippen LogP contribution in [0.5, 0.6) is 0 Å². The fourth-order valence-corrected chi connectivity index (χ4v) is 3.44. The summed E-state index contributed by atoms with van der Waals surface area (Å²) in [5.74, 6) is -0.590. The van der Waals surface area contributed by atoms with Crippen LogP contribution in [0.2, 0.25) is 0 Å². The van der Waals surface area contributed by atoms with Gasteiger partial charge in [-0.1, -0.05) is 0 Å². The summed E-state index contributed by atoms with van der Waals surface area (Å²) in [4.78, 5) is 25.1. The number of rotatable bonds is 2. The first-order valence-electron chi connectivity index (χ1n) is 6.38. The van der Waals surface area contributed by atoms with Crippen LogP contribution in [0, 0.1) is 5.92 Å². The van der Waals surface area contributed by atoms with Crippen LogP contribution in [0.15, 0.2) is 0 Å². The lowest BCUT2D eigenvalue weighted by molar-refractivity contribution is -0.142. The van der Waals surface area contributed by atoms with Crippen LogP contribution in [-0.2, 0) is 19.6 Å². The number of carbonyl (C=O) groups excluding carboxylic acids is 2. The largest absolute Gasteiger partial charge is 0.353 e. The summed E-state index contributed by atoms with van der Waals surface area (Å²) in [6, 6.07) is 0. The summed E-state index contributed by atoms with van der Waals surface area (Å²) in [5, 5.41) is 2.66. The quantitative estimate of drug-likeness (QED) is 0.678. The predicted molar refractivity (Wildman–Crippen MR) is 68.7 cm³/mol. The molecule has 1 atom stereocenters. The normalized spacial score (nSPS) is 26.1. The zero-order valence-electron chi connectivity index (χ0n) is 11.0. The molecule has 0 saturated carbocycles. The molecule has 0 radical (unpaired) electrons. The van der Waals surface area contributed by atoms with Crippen molar-refractivity contribution in [2.24, 2.45) is 5.92 Å². The molecule has 8 heteroatoms. The van der Waals surface area contributed by atoms with Crippen LogP contribution in [0.4, 0.5) is 0 Å². The minimum atomic E-state index is -3.25. The Labute approximate surface area is 113 Å². The Morgan fingerprint density at radius 1 is 1.37 bits per heavy atom. The second-order valence-corrected chi connectivity index (χ2v) is 7.05. The highest BCUT2D eigenvalue weighted by atomic mass is 32.2. The number of hydrogen-bond donors (Lipinski definition) is 1. The fraction of sp³-hybridized carbons (Fsp3) is 0.818. The van der Waals surface area contributed by atoms with Gasteiger partial charge >= 0.3 is 0 Å². The topological polar surface area (TPSA) is 86.8 Å². The smallest absolute Gasteiger partial charge is 0.239 e. The number of hydrogen-bond acceptors (Lipinski definition) is 4. The fourth-order valence-electron chi connectivity index (χ4n) is 2.53. The lowest BCUT2D eigenvalue weighted by atomic mass is 9.98. The predicted octanol–water partition coefficient (Wildman–Crippen LogP) is -1.38. The first-order chi connectivity index (χ1) is 8.88. The summed E-state index contributed by atoms with van der Waals surface area (Å²) in [7, 11) is -3.25. The number of sulfonamides is 1. The van der Waals surface area contributed by atoms with Gasteiger partial charge in [-0.15, -0.1) is 0 Å². The highest BCUT2D eigenvalue weighted by Crippen LogP contribution is 2.21.